The summed E-state index contributed by atoms with van der Waals surface area (Å²) < 4.78 is 0. The van der Waals surface area contributed by atoms with Gasteiger partial charge in [0.05, 0.1) is 37.8 Å². The van der Waals surface area contributed by atoms with E-state index in [0.717, 1.165) is 6.92 Å². The summed E-state index contributed by atoms with van der Waals surface area (Å²) in [5.74, 6) is -19.7. The van der Waals surface area contributed by atoms with E-state index in [1.165, 1.54) is 11.8 Å². The van der Waals surface area contributed by atoms with Crippen LogP contribution in [-0.2, 0) is 101 Å². The predicted octanol–water partition coefficient (Wildman–Crippen LogP) is -4.06. The van der Waals surface area contributed by atoms with E-state index in [0.29, 0.717) is 40.4 Å². The van der Waals surface area contributed by atoms with Gasteiger partial charge in [-0.05, 0) is 98.1 Å². The Hall–Kier alpha value is -11.6. The molecule has 0 aliphatic heterocycles. The lowest BCUT2D eigenvalue weighted by Crippen LogP contribution is -2.62. The Kier molecular flexibility index (Phi) is 40.5. The number of carbonyl (C=O) groups excluding carboxylic acids is 16. The lowest BCUT2D eigenvalue weighted by atomic mass is 9.96. The van der Waals surface area contributed by atoms with E-state index >= 15 is 14.4 Å². The molecule has 1 heterocycles. The first kappa shape index (κ1) is 96.8. The van der Waals surface area contributed by atoms with Gasteiger partial charge in [-0.25, -0.2) is 0 Å². The highest BCUT2D eigenvalue weighted by Crippen LogP contribution is 2.21. The maximum atomic E-state index is 15.2. The van der Waals surface area contributed by atoms with Crippen molar-refractivity contribution < 1.29 is 91.7 Å². The second kappa shape index (κ2) is 48.6. The third kappa shape index (κ3) is 32.7. The van der Waals surface area contributed by atoms with E-state index in [1.807, 2.05) is 0 Å². The van der Waals surface area contributed by atoms with E-state index in [9.17, 15) is 77.3 Å². The van der Waals surface area contributed by atoms with Crippen LogP contribution in [0.1, 0.15) is 129 Å². The first-order valence-electron chi connectivity index (χ1n) is 38.0. The number of aromatic amines is 1. The number of aromatic nitrogens is 1. The van der Waals surface area contributed by atoms with E-state index in [1.54, 1.807) is 139 Å². The van der Waals surface area contributed by atoms with Crippen LogP contribution in [0, 0.1) is 17.8 Å². The largest absolute Gasteiger partial charge is 0.481 e. The Morgan fingerprint density at radius 1 is 0.431 bits per heavy atom. The second-order valence-electron chi connectivity index (χ2n) is 29.1. The summed E-state index contributed by atoms with van der Waals surface area (Å²) >= 11 is 1.34. The van der Waals surface area contributed by atoms with Crippen molar-refractivity contribution in [3.8, 4) is 0 Å². The van der Waals surface area contributed by atoms with Crippen LogP contribution in [0.4, 0.5) is 0 Å². The summed E-state index contributed by atoms with van der Waals surface area (Å²) in [6.45, 7) is 11.2. The van der Waals surface area contributed by atoms with Gasteiger partial charge in [-0.2, -0.15) is 11.8 Å². The number of aliphatic hydroxyl groups is 1. The third-order valence-electron chi connectivity index (χ3n) is 18.8. The number of nitrogens with two attached hydrogens (primary N) is 6. The van der Waals surface area contributed by atoms with E-state index < -0.39 is 229 Å². The van der Waals surface area contributed by atoms with Gasteiger partial charge in [0.2, 0.25) is 94.5 Å². The predicted molar refractivity (Wildman–Crippen MR) is 428 cm³/mol. The molecule has 0 saturated carbocycles. The van der Waals surface area contributed by atoms with E-state index in [4.69, 9.17) is 34.4 Å². The fraction of sp³-hybridized carbons (Fsp3) is 0.519. The molecule has 4 aromatic rings. The van der Waals surface area contributed by atoms with E-state index in [2.05, 4.69) is 68.8 Å². The molecule has 0 spiro atoms. The fourth-order valence-electron chi connectivity index (χ4n) is 12.1. The number of carboxylic acids is 1. The number of hydrogen-bond donors (Lipinski definition) is 21. The number of benzene rings is 3. The standard InChI is InChI=1S/C77H113N19O19S/c1-9-41(6)63(76(114)94-53(32-44-22-14-11-15-23-44)70(108)87-50(65(83)103)34-58(79)98)95-67(105)49(27-29-116-8)86-71(109)54(33-45-38-84-47-25-17-16-24-46(45)47)89-66(104)48(26-18-19-28-78)85-69(107)52(31-43-20-12-10-13-21-43)88-68(106)51(30-39(2)3)93-77(115)64(42(7)97)96-74(112)56(36-60(81)100)90-73(111)57(37-61(101)102)91-72(110)55(35-59(80)99)92-75(113)62(82)40(4)5/h10-17,20-25,38-42,48-57,62-64,84,97H,9,18-19,26-37,78,82H2,1-8H3,(H2,79,98)(H2,80,99)(H2,81,100)(H2,83,103)(H,85,107)(H,86,109)(H,87,108)(H,88,106)(H,89,104)(H,90,111)(H,91,110)(H,92,113)(H,93,115)(H,94,114)(H,95,105)(H,96,112)(H,101,102)/t41-,42+,48-,49-,50-,51-,52-,53-,54-,55-,56-,57-,62-,63-,64-/m0/s1. The number of carboxylic acid groups (broad SMARTS) is 1. The lowest BCUT2D eigenvalue weighted by Gasteiger charge is -2.30. The van der Waals surface area contributed by atoms with Gasteiger partial charge in [-0.3, -0.25) is 81.5 Å². The van der Waals surface area contributed by atoms with Gasteiger partial charge in [0.25, 0.3) is 0 Å². The molecule has 0 radical (unpaired) electrons. The zero-order valence-corrected chi connectivity index (χ0v) is 67.1. The quantitative estimate of drug-likeness (QED) is 0.0187. The molecule has 1 aromatic heterocycles. The van der Waals surface area contributed by atoms with Crippen LogP contribution in [0.15, 0.2) is 91.1 Å². The van der Waals surface area contributed by atoms with Gasteiger partial charge in [0.1, 0.15) is 72.5 Å². The number of para-hydroxylation sites is 1. The summed E-state index contributed by atoms with van der Waals surface area (Å²) in [5, 5.41) is 51.6. The number of carbonyl (C=O) groups is 17. The van der Waals surface area contributed by atoms with Gasteiger partial charge in [-0.1, -0.05) is 127 Å². The molecule has 38 nitrogen and oxygen atoms in total. The molecule has 15 atom stereocenters. The van der Waals surface area contributed by atoms with Crippen molar-refractivity contribution in [3.05, 3.63) is 108 Å². The molecule has 4 rings (SSSR count). The minimum atomic E-state index is -2.09. The average Bonchev–Trinajstić information content (AvgIpc) is 1.71. The Morgan fingerprint density at radius 2 is 0.810 bits per heavy atom. The number of rotatable bonds is 52. The number of unbranched alkanes of at least 4 members (excludes halogenated alkanes) is 1. The van der Waals surface area contributed by atoms with Gasteiger partial charge >= 0.3 is 5.97 Å². The molecule has 636 valence electrons. The van der Waals surface area contributed by atoms with Gasteiger partial charge in [0, 0.05) is 36.4 Å². The number of nitrogens with one attached hydrogen (secondary N) is 13. The minimum Gasteiger partial charge on any atom is -0.481 e. The number of amides is 16. The number of H-pyrrole nitrogens is 1. The summed E-state index contributed by atoms with van der Waals surface area (Å²) in [7, 11) is 0. The van der Waals surface area contributed by atoms with Crippen LogP contribution in [0.5, 0.6) is 0 Å². The number of aliphatic carboxylic acids is 1. The number of fused-ring (bicyclic) bond motifs is 1. The van der Waals surface area contributed by atoms with Crippen molar-refractivity contribution in [2.24, 2.45) is 52.2 Å². The first-order valence-corrected chi connectivity index (χ1v) is 39.4. The molecular weight excluding hydrogens is 1530 g/mol. The molecule has 3 aromatic carbocycles. The van der Waals surface area contributed by atoms with Crippen molar-refractivity contribution >= 4 is 123 Å². The minimum absolute atomic E-state index is 0.0180. The van der Waals surface area contributed by atoms with Crippen molar-refractivity contribution in [2.75, 3.05) is 18.6 Å². The van der Waals surface area contributed by atoms with Gasteiger partial charge in [0.15, 0.2) is 0 Å². The molecule has 39 heteroatoms. The van der Waals surface area contributed by atoms with Crippen molar-refractivity contribution in [3.63, 3.8) is 0 Å². The van der Waals surface area contributed by atoms with Crippen LogP contribution in [0.2, 0.25) is 0 Å². The monoisotopic (exact) mass is 1640 g/mol. The fourth-order valence-corrected chi connectivity index (χ4v) is 12.5. The maximum absolute atomic E-state index is 15.2. The molecule has 0 fully saturated rings. The Labute approximate surface area is 675 Å². The number of primary amides is 4. The highest BCUT2D eigenvalue weighted by atomic mass is 32.2. The SMILES string of the molecule is CC[C@H](C)[C@H](NC(=O)[C@H](CCSC)NC(=O)[C@H](Cc1c[nH]c2ccccc12)NC(=O)[C@H](CCCCN)NC(=O)[C@H](Cc1ccccc1)NC(=O)[C@H](CC(C)C)NC(=O)[C@@H](NC(=O)[C@H](CC(N)=O)NC(=O)[C@H](CC(=O)O)NC(=O)[C@H](CC(N)=O)NC(=O)[C@@H](N)C(C)C)[C@@H](C)O)C(=O)N[C@@H](Cc1ccccc1)C(=O)N[C@@H](CC(N)=O)C(N)=O. The number of hydrogen-bond acceptors (Lipinski definition) is 21. The first-order chi connectivity index (χ1) is 54.8. The van der Waals surface area contributed by atoms with Crippen LogP contribution < -0.4 is 98.2 Å². The molecule has 16 amide bonds. The Balaban J connectivity index is 1.69. The maximum Gasteiger partial charge on any atom is 0.305 e. The average molecular weight is 1640 g/mol. The summed E-state index contributed by atoms with van der Waals surface area (Å²) in [6.07, 6.45) is -2.10. The molecule has 0 saturated heterocycles. The molecule has 0 bridgehead atoms. The van der Waals surface area contributed by atoms with Crippen LogP contribution >= 0.6 is 11.8 Å². The Morgan fingerprint density at radius 3 is 1.28 bits per heavy atom. The molecule has 116 heavy (non-hydrogen) atoms. The van der Waals surface area contributed by atoms with Gasteiger partial charge < -0.3 is 113 Å². The lowest BCUT2D eigenvalue weighted by molar-refractivity contribution is -0.142. The van der Waals surface area contributed by atoms with Crippen LogP contribution in [-0.4, -0.2) is 219 Å². The normalized spacial score (nSPS) is 15.1. The molecular formula is C77H113N19O19S. The summed E-state index contributed by atoms with van der Waals surface area (Å²) in [4.78, 5) is 236. The molecule has 0 aliphatic carbocycles. The zero-order valence-electron chi connectivity index (χ0n) is 66.3. The van der Waals surface area contributed by atoms with Crippen molar-refractivity contribution in [2.45, 2.75) is 217 Å². The molecule has 0 aliphatic rings. The number of aliphatic hydroxyl groups excluding tert-OH is 1. The van der Waals surface area contributed by atoms with Crippen LogP contribution in [0.25, 0.3) is 10.9 Å². The summed E-state index contributed by atoms with van der Waals surface area (Å²) in [6, 6.07) is 2.95. The highest BCUT2D eigenvalue weighted by molar-refractivity contribution is 7.98. The smallest absolute Gasteiger partial charge is 0.305 e. The molecule has 27 N–H and O–H groups in total. The topological polar surface area (TPSA) is 647 Å². The second-order valence-corrected chi connectivity index (χ2v) is 30.1. The highest BCUT2D eigenvalue weighted by Gasteiger charge is 2.40. The van der Waals surface area contributed by atoms with Gasteiger partial charge in [-0.15, -0.1) is 0 Å². The Bertz CT molecular complexity index is 4060. The summed E-state index contributed by atoms with van der Waals surface area (Å²) in [5.41, 5.74) is 35.8. The zero-order chi connectivity index (χ0) is 86.6. The van der Waals surface area contributed by atoms with E-state index in [-0.39, 0.29) is 57.2 Å². The third-order valence-corrected chi connectivity index (χ3v) is 19.4. The van der Waals surface area contributed by atoms with Crippen molar-refractivity contribution in [1.29, 1.82) is 0 Å². The van der Waals surface area contributed by atoms with Crippen molar-refractivity contribution in [1.82, 2.24) is 68.8 Å². The molecule has 0 unspecified atom stereocenters. The van der Waals surface area contributed by atoms with Crippen LogP contribution in [0.3, 0.4) is 0 Å². The number of thioether (sulfide) groups is 1.